The molecule has 4 nitrogen and oxygen atoms in total. The number of carbonyl (C=O) groups is 1. The Morgan fingerprint density at radius 1 is 1.30 bits per heavy atom. The van der Waals surface area contributed by atoms with Crippen LogP contribution in [-0.4, -0.2) is 35.9 Å². The van der Waals surface area contributed by atoms with Gasteiger partial charge in [0.1, 0.15) is 5.75 Å². The number of nitrogens with one attached hydrogen (secondary N) is 1. The summed E-state index contributed by atoms with van der Waals surface area (Å²) in [4.78, 5) is 11.6. The Labute approximate surface area is 114 Å². The van der Waals surface area contributed by atoms with Crippen LogP contribution in [0.3, 0.4) is 0 Å². The van der Waals surface area contributed by atoms with E-state index in [9.17, 15) is 18.0 Å². The highest BCUT2D eigenvalue weighted by molar-refractivity contribution is 5.94. The van der Waals surface area contributed by atoms with Crippen molar-refractivity contribution in [3.8, 4) is 5.75 Å². The lowest BCUT2D eigenvalue weighted by atomic mass is 10.2. The number of ether oxygens (including phenoxy) is 1. The van der Waals surface area contributed by atoms with Crippen LogP contribution in [0.25, 0.3) is 0 Å². The van der Waals surface area contributed by atoms with Gasteiger partial charge in [-0.25, -0.2) is 0 Å². The molecule has 0 radical (unpaired) electrons. The van der Waals surface area contributed by atoms with Crippen molar-refractivity contribution in [1.82, 2.24) is 5.32 Å². The van der Waals surface area contributed by atoms with Gasteiger partial charge < -0.3 is 15.2 Å². The fourth-order valence-electron chi connectivity index (χ4n) is 1.36. The summed E-state index contributed by atoms with van der Waals surface area (Å²) in [6, 6.07) is 5.98. The van der Waals surface area contributed by atoms with Gasteiger partial charge in [-0.1, -0.05) is 0 Å². The number of aliphatic hydroxyl groups excluding tert-OH is 1. The minimum absolute atomic E-state index is 0.0170. The summed E-state index contributed by atoms with van der Waals surface area (Å²) >= 11 is 0. The van der Waals surface area contributed by atoms with Gasteiger partial charge in [0.2, 0.25) is 0 Å². The summed E-state index contributed by atoms with van der Waals surface area (Å²) < 4.78 is 41.5. The lowest BCUT2D eigenvalue weighted by Crippen LogP contribution is -2.40. The molecule has 0 saturated carbocycles. The molecule has 0 aliphatic carbocycles. The largest absolute Gasteiger partial charge is 0.491 e. The molecule has 1 aromatic carbocycles. The van der Waals surface area contributed by atoms with Crippen LogP contribution in [0.2, 0.25) is 0 Å². The van der Waals surface area contributed by atoms with E-state index in [0.29, 0.717) is 5.75 Å². The number of benzene rings is 1. The highest BCUT2D eigenvalue weighted by atomic mass is 19.4. The zero-order valence-electron chi connectivity index (χ0n) is 11.1. The molecule has 0 fully saturated rings. The maximum absolute atomic E-state index is 12.1. The summed E-state index contributed by atoms with van der Waals surface area (Å²) in [5, 5.41) is 10.8. The van der Waals surface area contributed by atoms with Crippen molar-refractivity contribution in [2.75, 3.05) is 6.54 Å². The fraction of sp³-hybridized carbons (Fsp3) is 0.462. The highest BCUT2D eigenvalue weighted by Gasteiger charge is 2.38. The van der Waals surface area contributed by atoms with Crippen molar-refractivity contribution in [3.05, 3.63) is 29.8 Å². The molecule has 0 aromatic heterocycles. The molecule has 0 spiro atoms. The normalized spacial score (nSPS) is 13.2. The Bertz CT molecular complexity index is 443. The summed E-state index contributed by atoms with van der Waals surface area (Å²) in [6.07, 6.45) is -7.34. The second-order valence-electron chi connectivity index (χ2n) is 4.46. The number of halogens is 3. The molecule has 0 aliphatic rings. The van der Waals surface area contributed by atoms with Gasteiger partial charge in [0.05, 0.1) is 12.6 Å². The maximum Gasteiger partial charge on any atom is 0.416 e. The molecule has 0 saturated heterocycles. The number of aliphatic hydroxyl groups is 1. The number of hydrogen-bond acceptors (Lipinski definition) is 3. The number of rotatable bonds is 5. The number of hydrogen-bond donors (Lipinski definition) is 2. The van der Waals surface area contributed by atoms with Crippen molar-refractivity contribution in [2.24, 2.45) is 0 Å². The summed E-state index contributed by atoms with van der Waals surface area (Å²) in [5.41, 5.74) is 0.190. The third-order valence-corrected chi connectivity index (χ3v) is 2.32. The maximum atomic E-state index is 12.1. The Hall–Kier alpha value is -1.76. The first-order chi connectivity index (χ1) is 9.20. The molecule has 0 bridgehead atoms. The van der Waals surface area contributed by atoms with Gasteiger partial charge in [-0.3, -0.25) is 4.79 Å². The van der Waals surface area contributed by atoms with Crippen LogP contribution < -0.4 is 10.1 Å². The first kappa shape index (κ1) is 16.3. The van der Waals surface area contributed by atoms with Crippen LogP contribution >= 0.6 is 0 Å². The SMILES string of the molecule is CC(C)Oc1ccc(C(=O)NCC(O)C(F)(F)F)cc1. The lowest BCUT2D eigenvalue weighted by molar-refractivity contribution is -0.201. The molecule has 112 valence electrons. The van der Waals surface area contributed by atoms with Crippen molar-refractivity contribution in [3.63, 3.8) is 0 Å². The Morgan fingerprint density at radius 2 is 1.85 bits per heavy atom. The molecule has 1 rings (SSSR count). The molecule has 20 heavy (non-hydrogen) atoms. The molecule has 0 aliphatic heterocycles. The zero-order valence-corrected chi connectivity index (χ0v) is 11.1. The molecular weight excluding hydrogens is 275 g/mol. The van der Waals surface area contributed by atoms with Crippen LogP contribution in [0.1, 0.15) is 24.2 Å². The molecule has 7 heteroatoms. The van der Waals surface area contributed by atoms with Gasteiger partial charge in [0, 0.05) is 5.56 Å². The molecule has 1 aromatic rings. The van der Waals surface area contributed by atoms with E-state index in [2.05, 4.69) is 0 Å². The highest BCUT2D eigenvalue weighted by Crippen LogP contribution is 2.19. The Kier molecular flexibility index (Phi) is 5.38. The minimum Gasteiger partial charge on any atom is -0.491 e. The number of alkyl halides is 3. The predicted octanol–water partition coefficient (Wildman–Crippen LogP) is 2.13. The second-order valence-corrected chi connectivity index (χ2v) is 4.46. The van der Waals surface area contributed by atoms with Crippen molar-refractivity contribution < 1.29 is 27.8 Å². The van der Waals surface area contributed by atoms with E-state index in [4.69, 9.17) is 9.84 Å². The van der Waals surface area contributed by atoms with Crippen LogP contribution in [0, 0.1) is 0 Å². The summed E-state index contributed by atoms with van der Waals surface area (Å²) in [6.45, 7) is 2.81. The monoisotopic (exact) mass is 291 g/mol. The van der Waals surface area contributed by atoms with E-state index in [0.717, 1.165) is 0 Å². The van der Waals surface area contributed by atoms with Crippen LogP contribution in [-0.2, 0) is 0 Å². The average Bonchev–Trinajstić information content (AvgIpc) is 2.34. The van der Waals surface area contributed by atoms with Crippen molar-refractivity contribution in [1.29, 1.82) is 0 Å². The van der Waals surface area contributed by atoms with Gasteiger partial charge in [0.25, 0.3) is 5.91 Å². The lowest BCUT2D eigenvalue weighted by Gasteiger charge is -2.15. The molecule has 1 unspecified atom stereocenters. The van der Waals surface area contributed by atoms with Gasteiger partial charge >= 0.3 is 6.18 Å². The minimum atomic E-state index is -4.75. The Balaban J connectivity index is 2.56. The van der Waals surface area contributed by atoms with E-state index in [1.54, 1.807) is 12.1 Å². The smallest absolute Gasteiger partial charge is 0.416 e. The van der Waals surface area contributed by atoms with Crippen molar-refractivity contribution in [2.45, 2.75) is 32.2 Å². The van der Waals surface area contributed by atoms with E-state index < -0.39 is 24.7 Å². The van der Waals surface area contributed by atoms with E-state index >= 15 is 0 Å². The average molecular weight is 291 g/mol. The van der Waals surface area contributed by atoms with E-state index in [-0.39, 0.29) is 11.7 Å². The summed E-state index contributed by atoms with van der Waals surface area (Å²) in [7, 11) is 0. The van der Waals surface area contributed by atoms with Gasteiger partial charge in [-0.2, -0.15) is 13.2 Å². The van der Waals surface area contributed by atoms with Crippen LogP contribution in [0.4, 0.5) is 13.2 Å². The molecule has 1 amide bonds. The molecule has 0 heterocycles. The van der Waals surface area contributed by atoms with Crippen molar-refractivity contribution >= 4 is 5.91 Å². The van der Waals surface area contributed by atoms with Gasteiger partial charge in [0.15, 0.2) is 6.10 Å². The molecular formula is C13H16F3NO3. The standard InChI is InChI=1S/C13H16F3NO3/c1-8(2)20-10-5-3-9(4-6-10)12(19)17-7-11(18)13(14,15)16/h3-6,8,11,18H,7H2,1-2H3,(H,17,19). The van der Waals surface area contributed by atoms with Gasteiger partial charge in [-0.05, 0) is 38.1 Å². The molecule has 1 atom stereocenters. The van der Waals surface area contributed by atoms with Gasteiger partial charge in [-0.15, -0.1) is 0 Å². The number of amides is 1. The molecule has 2 N–H and O–H groups in total. The first-order valence-corrected chi connectivity index (χ1v) is 6.00. The quantitative estimate of drug-likeness (QED) is 0.873. The van der Waals surface area contributed by atoms with Crippen LogP contribution in [0.15, 0.2) is 24.3 Å². The van der Waals surface area contributed by atoms with E-state index in [1.165, 1.54) is 12.1 Å². The first-order valence-electron chi connectivity index (χ1n) is 6.00. The third kappa shape index (κ3) is 5.08. The topological polar surface area (TPSA) is 58.6 Å². The Morgan fingerprint density at radius 3 is 2.30 bits per heavy atom. The predicted molar refractivity (Wildman–Crippen MR) is 66.6 cm³/mol. The van der Waals surface area contributed by atoms with Crippen LogP contribution in [0.5, 0.6) is 5.75 Å². The zero-order chi connectivity index (χ0) is 15.3. The fourth-order valence-corrected chi connectivity index (χ4v) is 1.36. The summed E-state index contributed by atoms with van der Waals surface area (Å²) in [5.74, 6) is -0.128. The third-order valence-electron chi connectivity index (χ3n) is 2.32. The van der Waals surface area contributed by atoms with E-state index in [1.807, 2.05) is 19.2 Å². The number of carbonyl (C=O) groups excluding carboxylic acids is 1. The second kappa shape index (κ2) is 6.60.